The van der Waals surface area contributed by atoms with E-state index in [4.69, 9.17) is 0 Å². The Morgan fingerprint density at radius 1 is 1.24 bits per heavy atom. The molecular weight excluding hydrogens is 288 g/mol. The summed E-state index contributed by atoms with van der Waals surface area (Å²) in [5.74, 6) is -0.0585. The number of rotatable bonds is 5. The molecule has 6 heteroatoms. The summed E-state index contributed by atoms with van der Waals surface area (Å²) in [5.41, 5.74) is 1.94. The highest BCUT2D eigenvalue weighted by atomic mass is 35.5. The fourth-order valence-corrected chi connectivity index (χ4v) is 2.16. The molecule has 21 heavy (non-hydrogen) atoms. The number of likely N-dealkylation sites (N-methyl/N-ethyl adjacent to an activating group) is 1. The Hall–Kier alpha value is -1.85. The molecule has 1 aromatic heterocycles. The predicted octanol–water partition coefficient (Wildman–Crippen LogP) is 1.98. The van der Waals surface area contributed by atoms with Crippen LogP contribution in [0.2, 0.25) is 0 Å². The van der Waals surface area contributed by atoms with Crippen LogP contribution in [0.3, 0.4) is 0 Å². The van der Waals surface area contributed by atoms with E-state index >= 15 is 0 Å². The topological polar surface area (TPSA) is 59.0 Å². The summed E-state index contributed by atoms with van der Waals surface area (Å²) in [4.78, 5) is 12.4. The molecule has 1 heterocycles. The molecule has 2 N–H and O–H groups in total. The van der Waals surface area contributed by atoms with Gasteiger partial charge in [-0.2, -0.15) is 5.10 Å². The molecule has 1 aromatic carbocycles. The van der Waals surface area contributed by atoms with Gasteiger partial charge in [-0.05, 0) is 19.5 Å². The smallest absolute Gasteiger partial charge is 0.242 e. The highest BCUT2D eigenvalue weighted by Crippen LogP contribution is 2.15. The fourth-order valence-electron chi connectivity index (χ4n) is 2.16. The van der Waals surface area contributed by atoms with Crippen LogP contribution in [-0.2, 0) is 11.8 Å². The maximum absolute atomic E-state index is 12.4. The average Bonchev–Trinajstić information content (AvgIpc) is 2.87. The number of aromatic nitrogens is 2. The average molecular weight is 309 g/mol. The van der Waals surface area contributed by atoms with Gasteiger partial charge in [0.15, 0.2) is 0 Å². The number of hydrogen-bond acceptors (Lipinski definition) is 3. The summed E-state index contributed by atoms with van der Waals surface area (Å²) in [7, 11) is 3.60. The maximum atomic E-state index is 12.4. The molecule has 114 valence electrons. The van der Waals surface area contributed by atoms with Crippen molar-refractivity contribution in [2.75, 3.05) is 7.05 Å². The predicted molar refractivity (Wildman–Crippen MR) is 85.3 cm³/mol. The van der Waals surface area contributed by atoms with Gasteiger partial charge < -0.3 is 10.6 Å². The van der Waals surface area contributed by atoms with E-state index in [2.05, 4.69) is 15.7 Å². The molecule has 0 saturated heterocycles. The number of halogens is 1. The molecule has 1 amide bonds. The highest BCUT2D eigenvalue weighted by Gasteiger charge is 2.21. The van der Waals surface area contributed by atoms with Crippen LogP contribution in [0.4, 0.5) is 0 Å². The molecule has 0 aliphatic carbocycles. The normalized spacial score (nSPS) is 13.1. The Morgan fingerprint density at radius 3 is 2.43 bits per heavy atom. The summed E-state index contributed by atoms with van der Waals surface area (Å²) >= 11 is 0. The van der Waals surface area contributed by atoms with Gasteiger partial charge in [0.1, 0.15) is 6.04 Å². The lowest BCUT2D eigenvalue weighted by atomic mass is 10.1. The number of amides is 1. The molecule has 2 aromatic rings. The van der Waals surface area contributed by atoms with E-state index < -0.39 is 6.04 Å². The number of hydrogen-bond donors (Lipinski definition) is 2. The number of carbonyl (C=O) groups excluding carboxylic acids is 1. The molecule has 0 spiro atoms. The number of benzene rings is 1. The SMILES string of the molecule is CNC(C(=O)NC(C)c1ccccc1)c1cnn(C)c1.Cl. The molecule has 0 radical (unpaired) electrons. The zero-order chi connectivity index (χ0) is 14.5. The van der Waals surface area contributed by atoms with Crippen molar-refractivity contribution < 1.29 is 4.79 Å². The van der Waals surface area contributed by atoms with Crippen molar-refractivity contribution >= 4 is 18.3 Å². The van der Waals surface area contributed by atoms with E-state index in [1.807, 2.05) is 50.5 Å². The van der Waals surface area contributed by atoms with E-state index in [-0.39, 0.29) is 24.4 Å². The molecule has 0 aliphatic heterocycles. The van der Waals surface area contributed by atoms with E-state index in [1.54, 1.807) is 17.9 Å². The third-order valence-corrected chi connectivity index (χ3v) is 3.27. The minimum atomic E-state index is -0.394. The molecule has 2 atom stereocenters. The van der Waals surface area contributed by atoms with Crippen molar-refractivity contribution in [3.63, 3.8) is 0 Å². The first-order chi connectivity index (χ1) is 9.61. The van der Waals surface area contributed by atoms with Crippen molar-refractivity contribution in [1.29, 1.82) is 0 Å². The van der Waals surface area contributed by atoms with Gasteiger partial charge in [-0.25, -0.2) is 0 Å². The first kappa shape index (κ1) is 17.2. The standard InChI is InChI=1S/C15H20N4O.ClH/c1-11(12-7-5-4-6-8-12)18-15(20)14(16-2)13-9-17-19(3)10-13;/h4-11,14,16H,1-3H3,(H,18,20);1H. The number of nitrogens with one attached hydrogen (secondary N) is 2. The molecule has 0 bridgehead atoms. The van der Waals surface area contributed by atoms with Gasteiger partial charge in [-0.1, -0.05) is 30.3 Å². The third-order valence-electron chi connectivity index (χ3n) is 3.27. The zero-order valence-electron chi connectivity index (χ0n) is 12.4. The maximum Gasteiger partial charge on any atom is 0.242 e. The second-order valence-corrected chi connectivity index (χ2v) is 4.81. The summed E-state index contributed by atoms with van der Waals surface area (Å²) in [5, 5.41) is 10.1. The lowest BCUT2D eigenvalue weighted by molar-refractivity contribution is -0.123. The largest absolute Gasteiger partial charge is 0.348 e. The molecule has 0 saturated carbocycles. The Labute approximate surface area is 131 Å². The second kappa shape index (κ2) is 7.81. The van der Waals surface area contributed by atoms with E-state index in [0.717, 1.165) is 11.1 Å². The van der Waals surface area contributed by atoms with Gasteiger partial charge in [-0.3, -0.25) is 9.48 Å². The Bertz CT molecular complexity index is 570. The van der Waals surface area contributed by atoms with Crippen LogP contribution in [0.25, 0.3) is 0 Å². The van der Waals surface area contributed by atoms with Gasteiger partial charge >= 0.3 is 0 Å². The lowest BCUT2D eigenvalue weighted by Gasteiger charge is -2.19. The third kappa shape index (κ3) is 4.31. The van der Waals surface area contributed by atoms with Gasteiger partial charge in [0, 0.05) is 18.8 Å². The van der Waals surface area contributed by atoms with Crippen LogP contribution < -0.4 is 10.6 Å². The van der Waals surface area contributed by atoms with Crippen LogP contribution in [0.5, 0.6) is 0 Å². The van der Waals surface area contributed by atoms with Crippen molar-refractivity contribution in [3.05, 3.63) is 53.9 Å². The number of nitrogens with zero attached hydrogens (tertiary/aromatic N) is 2. The molecule has 2 unspecified atom stereocenters. The zero-order valence-corrected chi connectivity index (χ0v) is 13.2. The lowest BCUT2D eigenvalue weighted by Crippen LogP contribution is -2.37. The van der Waals surface area contributed by atoms with Crippen LogP contribution in [0, 0.1) is 0 Å². The van der Waals surface area contributed by atoms with Crippen LogP contribution in [-0.4, -0.2) is 22.7 Å². The Morgan fingerprint density at radius 2 is 1.90 bits per heavy atom. The molecular formula is C15H21ClN4O. The first-order valence-electron chi connectivity index (χ1n) is 6.63. The molecule has 0 fully saturated rings. The molecule has 0 aliphatic rings. The summed E-state index contributed by atoms with van der Waals surface area (Å²) in [6.07, 6.45) is 3.54. The van der Waals surface area contributed by atoms with Crippen molar-refractivity contribution in [1.82, 2.24) is 20.4 Å². The molecule has 2 rings (SSSR count). The van der Waals surface area contributed by atoms with Crippen LogP contribution in [0.15, 0.2) is 42.7 Å². The minimum absolute atomic E-state index is 0. The highest BCUT2D eigenvalue weighted by molar-refractivity contribution is 5.85. The second-order valence-electron chi connectivity index (χ2n) is 4.81. The van der Waals surface area contributed by atoms with Gasteiger partial charge in [0.25, 0.3) is 0 Å². The Balaban J connectivity index is 0.00000220. The summed E-state index contributed by atoms with van der Waals surface area (Å²) in [6.45, 7) is 1.98. The van der Waals surface area contributed by atoms with Crippen LogP contribution >= 0.6 is 12.4 Å². The summed E-state index contributed by atoms with van der Waals surface area (Å²) in [6, 6.07) is 9.48. The first-order valence-corrected chi connectivity index (χ1v) is 6.63. The monoisotopic (exact) mass is 308 g/mol. The van der Waals surface area contributed by atoms with Gasteiger partial charge in [0.2, 0.25) is 5.91 Å². The number of carbonyl (C=O) groups is 1. The quantitative estimate of drug-likeness (QED) is 0.888. The molecule has 5 nitrogen and oxygen atoms in total. The van der Waals surface area contributed by atoms with E-state index in [0.29, 0.717) is 0 Å². The van der Waals surface area contributed by atoms with E-state index in [9.17, 15) is 4.79 Å². The Kier molecular flexibility index (Phi) is 6.39. The van der Waals surface area contributed by atoms with Gasteiger partial charge in [-0.15, -0.1) is 12.4 Å². The number of aryl methyl sites for hydroxylation is 1. The van der Waals surface area contributed by atoms with Crippen molar-refractivity contribution in [2.45, 2.75) is 19.0 Å². The van der Waals surface area contributed by atoms with Crippen molar-refractivity contribution in [3.8, 4) is 0 Å². The minimum Gasteiger partial charge on any atom is -0.348 e. The van der Waals surface area contributed by atoms with Gasteiger partial charge in [0.05, 0.1) is 12.2 Å². The van der Waals surface area contributed by atoms with Crippen molar-refractivity contribution in [2.24, 2.45) is 7.05 Å². The van der Waals surface area contributed by atoms with Crippen LogP contribution in [0.1, 0.15) is 30.1 Å². The van der Waals surface area contributed by atoms with E-state index in [1.165, 1.54) is 0 Å². The summed E-state index contributed by atoms with van der Waals surface area (Å²) < 4.78 is 1.69. The fraction of sp³-hybridized carbons (Fsp3) is 0.333.